The molecular weight excluding hydrogens is 343 g/mol. The zero-order chi connectivity index (χ0) is 18.1. The van der Waals surface area contributed by atoms with Gasteiger partial charge in [-0.25, -0.2) is 4.39 Å². The predicted octanol–water partition coefficient (Wildman–Crippen LogP) is 3.50. The van der Waals surface area contributed by atoms with Crippen LogP contribution in [-0.4, -0.2) is 25.6 Å². The van der Waals surface area contributed by atoms with Gasteiger partial charge in [-0.1, -0.05) is 48.0 Å². The maximum absolute atomic E-state index is 13.5. The fourth-order valence-corrected chi connectivity index (χ4v) is 2.45. The van der Waals surface area contributed by atoms with E-state index in [0.29, 0.717) is 13.0 Å². The number of ether oxygens (including phenoxy) is 1. The van der Waals surface area contributed by atoms with Crippen molar-refractivity contribution in [2.45, 2.75) is 6.42 Å². The molecule has 1 amide bonds. The lowest BCUT2D eigenvalue weighted by molar-refractivity contribution is 0.0950. The van der Waals surface area contributed by atoms with Gasteiger partial charge < -0.3 is 15.8 Å². The van der Waals surface area contributed by atoms with Crippen LogP contribution in [-0.2, 0) is 6.42 Å². The van der Waals surface area contributed by atoms with E-state index in [9.17, 15) is 9.18 Å². The van der Waals surface area contributed by atoms with Crippen molar-refractivity contribution in [3.05, 3.63) is 76.6 Å². The van der Waals surface area contributed by atoms with Crippen LogP contribution in [0.25, 0.3) is 0 Å². The maximum atomic E-state index is 13.5. The summed E-state index contributed by atoms with van der Waals surface area (Å²) >= 11 is 6.09. The second-order valence-corrected chi connectivity index (χ2v) is 5.69. The largest absolute Gasteiger partial charge is 0.484 e. The molecule has 0 unspecified atom stereocenters. The molecule has 0 spiro atoms. The Bertz CT molecular complexity index is 735. The standard InChI is InChI=1S/C19H20ClFN2O2/c20-17-8-4-7-16(18(17)25-13-15(21)9-11-22)19(24)23-12-10-14-5-2-1-3-6-14/h1-9H,10-13,22H2,(H,23,24)/b15-9-. The topological polar surface area (TPSA) is 64.3 Å². The number of carbonyl (C=O) groups is 1. The van der Waals surface area contributed by atoms with Crippen LogP contribution in [0, 0.1) is 0 Å². The van der Waals surface area contributed by atoms with Crippen molar-refractivity contribution in [1.82, 2.24) is 5.32 Å². The summed E-state index contributed by atoms with van der Waals surface area (Å²) < 4.78 is 18.8. The first-order valence-electron chi connectivity index (χ1n) is 7.90. The molecule has 0 saturated carbocycles. The molecule has 0 atom stereocenters. The molecule has 2 aromatic rings. The van der Waals surface area contributed by atoms with Gasteiger partial charge in [0.2, 0.25) is 0 Å². The van der Waals surface area contributed by atoms with Crippen molar-refractivity contribution < 1.29 is 13.9 Å². The number of rotatable bonds is 8. The van der Waals surface area contributed by atoms with E-state index in [1.54, 1.807) is 18.2 Å². The monoisotopic (exact) mass is 362 g/mol. The number of nitrogens with one attached hydrogen (secondary N) is 1. The molecule has 132 valence electrons. The highest BCUT2D eigenvalue weighted by molar-refractivity contribution is 6.32. The lowest BCUT2D eigenvalue weighted by Gasteiger charge is -2.13. The van der Waals surface area contributed by atoms with Crippen LogP contribution in [0.2, 0.25) is 5.02 Å². The van der Waals surface area contributed by atoms with Gasteiger partial charge >= 0.3 is 0 Å². The van der Waals surface area contributed by atoms with Crippen molar-refractivity contribution >= 4 is 17.5 Å². The molecule has 2 aromatic carbocycles. The molecule has 2 rings (SSSR count). The van der Waals surface area contributed by atoms with Gasteiger partial charge in [0.15, 0.2) is 5.75 Å². The van der Waals surface area contributed by atoms with Gasteiger partial charge in [0, 0.05) is 13.1 Å². The van der Waals surface area contributed by atoms with Gasteiger partial charge in [0.1, 0.15) is 12.4 Å². The first-order valence-corrected chi connectivity index (χ1v) is 8.27. The summed E-state index contributed by atoms with van der Waals surface area (Å²) in [6.07, 6.45) is 1.91. The number of nitrogens with two attached hydrogens (primary N) is 1. The third-order valence-electron chi connectivity index (χ3n) is 3.45. The quantitative estimate of drug-likeness (QED) is 0.755. The average Bonchev–Trinajstić information content (AvgIpc) is 2.61. The molecule has 0 aliphatic rings. The number of para-hydroxylation sites is 1. The van der Waals surface area contributed by atoms with Crippen molar-refractivity contribution in [2.75, 3.05) is 19.7 Å². The highest BCUT2D eigenvalue weighted by Crippen LogP contribution is 2.29. The van der Waals surface area contributed by atoms with Gasteiger partial charge in [-0.2, -0.15) is 0 Å². The molecule has 0 aliphatic heterocycles. The minimum absolute atomic E-state index is 0.0740. The number of halogens is 2. The Morgan fingerprint density at radius 2 is 1.96 bits per heavy atom. The first kappa shape index (κ1) is 19.0. The molecule has 0 fully saturated rings. The van der Waals surface area contributed by atoms with Crippen LogP contribution in [0.15, 0.2) is 60.4 Å². The van der Waals surface area contributed by atoms with E-state index in [2.05, 4.69) is 5.32 Å². The summed E-state index contributed by atoms with van der Waals surface area (Å²) in [5, 5.41) is 3.07. The fraction of sp³-hybridized carbons (Fsp3) is 0.211. The number of amides is 1. The second kappa shape index (κ2) is 9.81. The minimum Gasteiger partial charge on any atom is -0.484 e. The number of hydrogen-bond acceptors (Lipinski definition) is 3. The summed E-state index contributed by atoms with van der Waals surface area (Å²) in [5.74, 6) is -0.684. The highest BCUT2D eigenvalue weighted by Gasteiger charge is 2.16. The van der Waals surface area contributed by atoms with E-state index in [0.717, 1.165) is 5.56 Å². The lowest BCUT2D eigenvalue weighted by atomic mass is 10.1. The summed E-state index contributed by atoms with van der Waals surface area (Å²) in [6, 6.07) is 14.6. The van der Waals surface area contributed by atoms with Gasteiger partial charge in [0.05, 0.1) is 10.6 Å². The maximum Gasteiger partial charge on any atom is 0.255 e. The Balaban J connectivity index is 2.01. The Kier molecular flexibility index (Phi) is 7.44. The van der Waals surface area contributed by atoms with Gasteiger partial charge in [-0.05, 0) is 30.2 Å². The fourth-order valence-electron chi connectivity index (χ4n) is 2.22. The molecule has 6 heteroatoms. The molecule has 25 heavy (non-hydrogen) atoms. The van der Waals surface area contributed by atoms with E-state index in [1.165, 1.54) is 6.08 Å². The van der Waals surface area contributed by atoms with Crippen molar-refractivity contribution in [1.29, 1.82) is 0 Å². The molecule has 0 heterocycles. The molecule has 0 aliphatic carbocycles. The number of benzene rings is 2. The molecule has 0 aromatic heterocycles. The van der Waals surface area contributed by atoms with Crippen molar-refractivity contribution in [3.8, 4) is 5.75 Å². The summed E-state index contributed by atoms with van der Waals surface area (Å²) in [4.78, 5) is 12.4. The van der Waals surface area contributed by atoms with Crippen LogP contribution in [0.1, 0.15) is 15.9 Å². The van der Waals surface area contributed by atoms with Gasteiger partial charge in [-0.3, -0.25) is 4.79 Å². The Morgan fingerprint density at radius 1 is 1.20 bits per heavy atom. The zero-order valence-corrected chi connectivity index (χ0v) is 14.4. The van der Waals surface area contributed by atoms with E-state index < -0.39 is 5.83 Å². The van der Waals surface area contributed by atoms with Crippen LogP contribution >= 0.6 is 11.6 Å². The Morgan fingerprint density at radius 3 is 2.68 bits per heavy atom. The highest BCUT2D eigenvalue weighted by atomic mass is 35.5. The van der Waals surface area contributed by atoms with Crippen LogP contribution in [0.5, 0.6) is 5.75 Å². The van der Waals surface area contributed by atoms with Gasteiger partial charge in [-0.15, -0.1) is 0 Å². The smallest absolute Gasteiger partial charge is 0.255 e. The van der Waals surface area contributed by atoms with Crippen molar-refractivity contribution in [3.63, 3.8) is 0 Å². The third-order valence-corrected chi connectivity index (χ3v) is 3.75. The molecule has 0 radical (unpaired) electrons. The van der Waals surface area contributed by atoms with E-state index in [1.807, 2.05) is 30.3 Å². The SMILES string of the molecule is NC/C=C(\F)COc1c(Cl)cccc1C(=O)NCCc1ccccc1. The van der Waals surface area contributed by atoms with Gasteiger partial charge in [0.25, 0.3) is 5.91 Å². The lowest BCUT2D eigenvalue weighted by Crippen LogP contribution is -2.26. The molecule has 4 nitrogen and oxygen atoms in total. The van der Waals surface area contributed by atoms with E-state index >= 15 is 0 Å². The zero-order valence-electron chi connectivity index (χ0n) is 13.7. The summed E-state index contributed by atoms with van der Waals surface area (Å²) in [6.45, 7) is 0.214. The summed E-state index contributed by atoms with van der Waals surface area (Å²) in [5.41, 5.74) is 6.64. The minimum atomic E-state index is -0.516. The normalized spacial score (nSPS) is 11.2. The van der Waals surface area contributed by atoms with E-state index in [4.69, 9.17) is 22.1 Å². The summed E-state index contributed by atoms with van der Waals surface area (Å²) in [7, 11) is 0. The Labute approximate surface area is 151 Å². The molecule has 0 saturated heterocycles. The molecular formula is C19H20ClFN2O2. The first-order chi connectivity index (χ1) is 12.1. The molecule has 3 N–H and O–H groups in total. The van der Waals surface area contributed by atoms with Crippen molar-refractivity contribution in [2.24, 2.45) is 5.73 Å². The Hall–Kier alpha value is -2.37. The van der Waals surface area contributed by atoms with Crippen LogP contribution in [0.4, 0.5) is 4.39 Å². The molecule has 0 bridgehead atoms. The number of carbonyl (C=O) groups excluding carboxylic acids is 1. The van der Waals surface area contributed by atoms with Crippen LogP contribution in [0.3, 0.4) is 0 Å². The van der Waals surface area contributed by atoms with Crippen LogP contribution < -0.4 is 15.8 Å². The number of hydrogen-bond donors (Lipinski definition) is 2. The third kappa shape index (κ3) is 5.89. The second-order valence-electron chi connectivity index (χ2n) is 5.28. The predicted molar refractivity (Wildman–Crippen MR) is 97.7 cm³/mol. The average molecular weight is 363 g/mol. The van der Waals surface area contributed by atoms with E-state index in [-0.39, 0.29) is 35.4 Å².